The molecule has 0 spiro atoms. The van der Waals surface area contributed by atoms with E-state index in [2.05, 4.69) is 39.8 Å². The summed E-state index contributed by atoms with van der Waals surface area (Å²) in [7, 11) is -4.40. The second kappa shape index (κ2) is 31.5. The van der Waals surface area contributed by atoms with Gasteiger partial charge in [0.15, 0.2) is 6.10 Å². The van der Waals surface area contributed by atoms with E-state index >= 15 is 0 Å². The zero-order valence-corrected chi connectivity index (χ0v) is 37.0. The quantitative estimate of drug-likeness (QED) is 0.0379. The van der Waals surface area contributed by atoms with E-state index in [4.69, 9.17) is 33.1 Å². The van der Waals surface area contributed by atoms with Crippen LogP contribution in [0.1, 0.15) is 189 Å². The Labute approximate surface area is 344 Å². The number of furan rings is 2. The molecule has 0 amide bonds. The fourth-order valence-electron chi connectivity index (χ4n) is 6.90. The van der Waals surface area contributed by atoms with Crippen LogP contribution in [0.5, 0.6) is 0 Å². The summed E-state index contributed by atoms with van der Waals surface area (Å²) in [6.45, 7) is 7.86. The minimum atomic E-state index is -4.40. The van der Waals surface area contributed by atoms with Crippen LogP contribution in [0.25, 0.3) is 0 Å². The predicted octanol–water partition coefficient (Wildman–Crippen LogP) is 11.5. The number of aryl methyl sites for hydroxylation is 6. The number of carbonyl (C=O) groups excluding carboxylic acids is 2. The first-order valence-corrected chi connectivity index (χ1v) is 23.9. The molecule has 2 heterocycles. The van der Waals surface area contributed by atoms with Crippen LogP contribution in [0.4, 0.5) is 0 Å². The van der Waals surface area contributed by atoms with Crippen LogP contribution in [-0.4, -0.2) is 49.3 Å². The molecule has 0 aliphatic rings. The number of hydrogen-bond donors (Lipinski definition) is 2. The third kappa shape index (κ3) is 24.9. The van der Waals surface area contributed by atoms with E-state index < -0.39 is 32.5 Å². The zero-order valence-electron chi connectivity index (χ0n) is 36.1. The molecule has 3 N–H and O–H groups in total. The summed E-state index contributed by atoms with van der Waals surface area (Å²) in [4.78, 5) is 35.1. The Morgan fingerprint density at radius 3 is 1.54 bits per heavy atom. The smallest absolute Gasteiger partial charge is 0.466 e. The van der Waals surface area contributed by atoms with Gasteiger partial charge in [-0.15, -0.1) is 0 Å². The lowest BCUT2D eigenvalue weighted by atomic mass is 10.1. The van der Waals surface area contributed by atoms with Gasteiger partial charge in [-0.2, -0.15) is 0 Å². The average Bonchev–Trinajstić information content (AvgIpc) is 3.73. The van der Waals surface area contributed by atoms with Crippen LogP contribution in [0.2, 0.25) is 0 Å². The Morgan fingerprint density at radius 2 is 1.07 bits per heavy atom. The molecule has 2 aromatic rings. The predicted molar refractivity (Wildman–Crippen MR) is 226 cm³/mol. The van der Waals surface area contributed by atoms with Crippen molar-refractivity contribution < 1.29 is 46.4 Å². The van der Waals surface area contributed by atoms with Crippen LogP contribution in [-0.2, 0) is 58.4 Å². The lowest BCUT2D eigenvalue weighted by Gasteiger charge is -2.19. The van der Waals surface area contributed by atoms with Gasteiger partial charge >= 0.3 is 19.8 Å². The van der Waals surface area contributed by atoms with Crippen LogP contribution >= 0.6 is 7.82 Å². The van der Waals surface area contributed by atoms with Gasteiger partial charge in [0.05, 0.1) is 13.2 Å². The second-order valence-electron chi connectivity index (χ2n) is 15.7. The summed E-state index contributed by atoms with van der Waals surface area (Å²) < 4.78 is 45.1. The highest BCUT2D eigenvalue weighted by molar-refractivity contribution is 7.47. The van der Waals surface area contributed by atoms with Crippen molar-refractivity contribution >= 4 is 19.8 Å². The maximum absolute atomic E-state index is 12.7. The minimum Gasteiger partial charge on any atom is -0.466 e. The van der Waals surface area contributed by atoms with Crippen molar-refractivity contribution in [3.63, 3.8) is 0 Å². The summed E-state index contributed by atoms with van der Waals surface area (Å²) in [5, 5.41) is 0. The highest BCUT2D eigenvalue weighted by Crippen LogP contribution is 2.43. The van der Waals surface area contributed by atoms with E-state index in [1.54, 1.807) is 0 Å². The summed E-state index contributed by atoms with van der Waals surface area (Å²) in [6, 6.07) is 4.39. The molecule has 0 aliphatic carbocycles. The molecule has 11 nitrogen and oxygen atoms in total. The fraction of sp³-hybridized carbons (Fsp3) is 0.778. The van der Waals surface area contributed by atoms with Gasteiger partial charge in [0.25, 0.3) is 0 Å². The Balaban J connectivity index is 1.59. The highest BCUT2D eigenvalue weighted by Gasteiger charge is 2.26. The van der Waals surface area contributed by atoms with Crippen molar-refractivity contribution in [1.82, 2.24) is 0 Å². The molecule has 12 heteroatoms. The molecule has 328 valence electrons. The number of carbonyl (C=O) groups is 2. The first-order valence-electron chi connectivity index (χ1n) is 22.4. The van der Waals surface area contributed by atoms with Crippen molar-refractivity contribution in [2.45, 2.75) is 201 Å². The molecule has 2 rings (SSSR count). The van der Waals surface area contributed by atoms with Gasteiger partial charge in [-0.25, -0.2) is 4.57 Å². The third-order valence-corrected chi connectivity index (χ3v) is 11.3. The number of unbranched alkanes of at least 4 members (excludes halogenated alkanes) is 16. The molecule has 0 bridgehead atoms. The monoisotopic (exact) mass is 824 g/mol. The van der Waals surface area contributed by atoms with Gasteiger partial charge < -0.3 is 28.9 Å². The molecule has 1 unspecified atom stereocenters. The van der Waals surface area contributed by atoms with Crippen molar-refractivity contribution in [2.24, 2.45) is 5.73 Å². The van der Waals surface area contributed by atoms with Gasteiger partial charge in [-0.3, -0.25) is 18.6 Å². The van der Waals surface area contributed by atoms with Crippen LogP contribution < -0.4 is 5.73 Å². The average molecular weight is 824 g/mol. The van der Waals surface area contributed by atoms with Crippen LogP contribution in [0.15, 0.2) is 21.0 Å². The zero-order chi connectivity index (χ0) is 41.6. The largest absolute Gasteiger partial charge is 0.472 e. The Morgan fingerprint density at radius 1 is 0.632 bits per heavy atom. The summed E-state index contributed by atoms with van der Waals surface area (Å²) >= 11 is 0. The topological polar surface area (TPSA) is 161 Å². The molecule has 0 saturated carbocycles. The fourth-order valence-corrected chi connectivity index (χ4v) is 7.67. The Bertz CT molecular complexity index is 1390. The SMILES string of the molecule is CCCCCc1cc(C)c(CCCCCCCCCCC(=O)O[C@H](COC(=O)CCCCCCCCc2oc(CCCCC)cc2C)COP(=O)(O)OCCN)o1. The van der Waals surface area contributed by atoms with Crippen molar-refractivity contribution in [2.75, 3.05) is 26.4 Å². The molecule has 57 heavy (non-hydrogen) atoms. The van der Waals surface area contributed by atoms with Crippen molar-refractivity contribution in [1.29, 1.82) is 0 Å². The third-order valence-electron chi connectivity index (χ3n) is 10.3. The van der Waals surface area contributed by atoms with Gasteiger partial charge in [0, 0.05) is 45.1 Å². The number of rotatable bonds is 37. The summed E-state index contributed by atoms with van der Waals surface area (Å²) in [6.07, 6.45) is 25.0. The summed E-state index contributed by atoms with van der Waals surface area (Å²) in [5.41, 5.74) is 7.88. The van der Waals surface area contributed by atoms with E-state index in [1.165, 1.54) is 62.5 Å². The standard InChI is InChI=1S/C45H78NO10P/c1-5-7-19-25-39-33-37(3)42(54-39)27-21-15-11-9-10-12-18-24-30-45(48)56-41(36-53-57(49,50)52-32-31-46)35-51-44(47)29-23-17-14-13-16-22-28-43-38(4)34-40(55-43)26-20-8-6-2/h33-34,41H,5-32,35-36,46H2,1-4H3,(H,49,50)/t41-/m1/s1. The number of nitrogens with two attached hydrogens (primary N) is 1. The number of ether oxygens (including phenoxy) is 2. The molecule has 0 fully saturated rings. The number of phosphoric ester groups is 1. The maximum atomic E-state index is 12.7. The van der Waals surface area contributed by atoms with Crippen molar-refractivity contribution in [3.05, 3.63) is 46.3 Å². The van der Waals surface area contributed by atoms with E-state index in [0.29, 0.717) is 12.8 Å². The highest BCUT2D eigenvalue weighted by atomic mass is 31.2. The molecule has 2 aromatic heterocycles. The van der Waals surface area contributed by atoms with Gasteiger partial charge in [0.1, 0.15) is 29.6 Å². The molecule has 0 aliphatic heterocycles. The Kier molecular flexibility index (Phi) is 28.0. The second-order valence-corrected chi connectivity index (χ2v) is 17.1. The van der Waals surface area contributed by atoms with E-state index in [9.17, 15) is 19.0 Å². The Hall–Kier alpha value is -2.43. The summed E-state index contributed by atoms with van der Waals surface area (Å²) in [5.74, 6) is 3.60. The van der Waals surface area contributed by atoms with Crippen LogP contribution in [0.3, 0.4) is 0 Å². The van der Waals surface area contributed by atoms with E-state index in [0.717, 1.165) is 113 Å². The number of esters is 2. The first kappa shape index (κ1) is 50.7. The molecular formula is C45H78NO10P. The van der Waals surface area contributed by atoms with E-state index in [1.807, 2.05) is 0 Å². The van der Waals surface area contributed by atoms with Gasteiger partial charge in [-0.05, 0) is 75.6 Å². The molecular weight excluding hydrogens is 745 g/mol. The molecule has 0 saturated heterocycles. The molecule has 2 atom stereocenters. The molecule has 0 radical (unpaired) electrons. The number of phosphoric acid groups is 1. The maximum Gasteiger partial charge on any atom is 0.472 e. The number of hydrogen-bond acceptors (Lipinski definition) is 10. The normalized spacial score (nSPS) is 13.2. The van der Waals surface area contributed by atoms with Gasteiger partial charge in [-0.1, -0.05) is 104 Å². The minimum absolute atomic E-state index is 0.0418. The van der Waals surface area contributed by atoms with Crippen molar-refractivity contribution in [3.8, 4) is 0 Å². The van der Waals surface area contributed by atoms with Crippen LogP contribution in [0, 0.1) is 13.8 Å². The van der Waals surface area contributed by atoms with E-state index in [-0.39, 0.29) is 32.6 Å². The van der Waals surface area contributed by atoms with Gasteiger partial charge in [0.2, 0.25) is 0 Å². The molecule has 0 aromatic carbocycles. The lowest BCUT2D eigenvalue weighted by molar-refractivity contribution is -0.161. The lowest BCUT2D eigenvalue weighted by Crippen LogP contribution is -2.29. The first-order chi connectivity index (χ1) is 27.6.